The number of rotatable bonds is 2. The van der Waals surface area contributed by atoms with Crippen molar-refractivity contribution in [2.45, 2.75) is 6.42 Å². The molecule has 0 bridgehead atoms. The van der Waals surface area contributed by atoms with Crippen LogP contribution in [0.4, 0.5) is 0 Å². The van der Waals surface area contributed by atoms with Gasteiger partial charge in [0.15, 0.2) is 0 Å². The van der Waals surface area contributed by atoms with Crippen LogP contribution in [-0.2, 0) is 0 Å². The maximum Gasteiger partial charge on any atom is 0.273 e. The van der Waals surface area contributed by atoms with E-state index in [1.807, 2.05) is 5.38 Å². The molecule has 0 fully saturated rings. The molecule has 0 unspecified atom stereocenters. The average Bonchev–Trinajstić information content (AvgIpc) is 2.67. The summed E-state index contributed by atoms with van der Waals surface area (Å²) in [6.07, 6.45) is 3.33. The summed E-state index contributed by atoms with van der Waals surface area (Å²) >= 11 is 1.54. The van der Waals surface area contributed by atoms with Gasteiger partial charge in [0, 0.05) is 11.9 Å². The number of ether oxygens (including phenoxy) is 1. The fourth-order valence-electron chi connectivity index (χ4n) is 1.34. The van der Waals surface area contributed by atoms with Crippen molar-refractivity contribution in [2.24, 2.45) is 0 Å². The van der Waals surface area contributed by atoms with Crippen molar-refractivity contribution < 1.29 is 4.74 Å². The van der Waals surface area contributed by atoms with Gasteiger partial charge in [0.05, 0.1) is 12.8 Å². The molecule has 0 amide bonds. The molecule has 4 heteroatoms. The summed E-state index contributed by atoms with van der Waals surface area (Å²) in [7, 11) is 1.65. The van der Waals surface area contributed by atoms with Crippen LogP contribution in [0.25, 0.3) is 5.57 Å². The lowest BCUT2D eigenvalue weighted by atomic mass is 10.1. The van der Waals surface area contributed by atoms with E-state index in [0.29, 0.717) is 0 Å². The lowest BCUT2D eigenvalue weighted by Gasteiger charge is -2.11. The van der Waals surface area contributed by atoms with Crippen LogP contribution in [0.15, 0.2) is 11.5 Å². The standard InChI is InChI=1S/C9H12N2OS/c1-12-9-11-8(6-13-9)7-3-2-4-10-5-7/h3,6,10H,2,4-5H2,1H3. The molecular formula is C9H12N2OS. The maximum absolute atomic E-state index is 5.05. The molecule has 0 radical (unpaired) electrons. The molecule has 0 spiro atoms. The maximum atomic E-state index is 5.05. The van der Waals surface area contributed by atoms with Crippen LogP contribution in [0.1, 0.15) is 12.1 Å². The van der Waals surface area contributed by atoms with Crippen LogP contribution in [0, 0.1) is 0 Å². The molecule has 0 aliphatic carbocycles. The van der Waals surface area contributed by atoms with E-state index in [4.69, 9.17) is 4.74 Å². The topological polar surface area (TPSA) is 34.1 Å². The number of nitrogens with one attached hydrogen (secondary N) is 1. The minimum absolute atomic E-state index is 0.737. The van der Waals surface area contributed by atoms with E-state index in [9.17, 15) is 0 Å². The summed E-state index contributed by atoms with van der Waals surface area (Å²) in [5.41, 5.74) is 2.33. The second kappa shape index (κ2) is 3.89. The minimum atomic E-state index is 0.737. The molecule has 1 N–H and O–H groups in total. The van der Waals surface area contributed by atoms with Gasteiger partial charge < -0.3 is 10.1 Å². The summed E-state index contributed by atoms with van der Waals surface area (Å²) in [4.78, 5) is 4.34. The smallest absolute Gasteiger partial charge is 0.273 e. The SMILES string of the molecule is COc1nc(C2=CCCNC2)cs1. The predicted octanol–water partition coefficient (Wildman–Crippen LogP) is 1.53. The van der Waals surface area contributed by atoms with Crippen LogP contribution < -0.4 is 10.1 Å². The molecule has 2 rings (SSSR count). The highest BCUT2D eigenvalue weighted by molar-refractivity contribution is 7.11. The predicted molar refractivity (Wildman–Crippen MR) is 54.1 cm³/mol. The Hall–Kier alpha value is -0.870. The van der Waals surface area contributed by atoms with Crippen LogP contribution in [0.2, 0.25) is 0 Å². The first-order valence-electron chi connectivity index (χ1n) is 4.30. The largest absolute Gasteiger partial charge is 0.473 e. The Kier molecular flexibility index (Phi) is 2.61. The lowest BCUT2D eigenvalue weighted by molar-refractivity contribution is 0.411. The van der Waals surface area contributed by atoms with E-state index in [0.717, 1.165) is 30.4 Å². The highest BCUT2D eigenvalue weighted by Gasteiger charge is 2.09. The third kappa shape index (κ3) is 1.89. The first kappa shape index (κ1) is 8.72. The highest BCUT2D eigenvalue weighted by atomic mass is 32.1. The molecule has 1 aliphatic rings. The molecule has 0 saturated carbocycles. The Labute approximate surface area is 81.4 Å². The molecule has 13 heavy (non-hydrogen) atoms. The van der Waals surface area contributed by atoms with E-state index in [1.165, 1.54) is 5.57 Å². The quantitative estimate of drug-likeness (QED) is 0.779. The fourth-order valence-corrected chi connectivity index (χ4v) is 2.00. The van der Waals surface area contributed by atoms with Gasteiger partial charge in [-0.2, -0.15) is 0 Å². The minimum Gasteiger partial charge on any atom is -0.473 e. The molecule has 0 saturated heterocycles. The van der Waals surface area contributed by atoms with Gasteiger partial charge in [0.1, 0.15) is 0 Å². The molecule has 1 aromatic rings. The van der Waals surface area contributed by atoms with Gasteiger partial charge >= 0.3 is 0 Å². The molecule has 3 nitrogen and oxygen atoms in total. The van der Waals surface area contributed by atoms with Gasteiger partial charge in [0.25, 0.3) is 5.19 Å². The van der Waals surface area contributed by atoms with Gasteiger partial charge in [-0.05, 0) is 18.5 Å². The van der Waals surface area contributed by atoms with E-state index < -0.39 is 0 Å². The molecule has 70 valence electrons. The second-order valence-corrected chi connectivity index (χ2v) is 3.72. The van der Waals surface area contributed by atoms with Crippen molar-refractivity contribution in [3.63, 3.8) is 0 Å². The van der Waals surface area contributed by atoms with Crippen LogP contribution >= 0.6 is 11.3 Å². The summed E-state index contributed by atoms with van der Waals surface area (Å²) in [6, 6.07) is 0. The van der Waals surface area contributed by atoms with Crippen LogP contribution in [-0.4, -0.2) is 25.2 Å². The van der Waals surface area contributed by atoms with Gasteiger partial charge in [-0.15, -0.1) is 0 Å². The van der Waals surface area contributed by atoms with Gasteiger partial charge in [-0.1, -0.05) is 17.4 Å². The van der Waals surface area contributed by atoms with Crippen molar-refractivity contribution >= 4 is 16.9 Å². The van der Waals surface area contributed by atoms with E-state index in [-0.39, 0.29) is 0 Å². The Balaban J connectivity index is 2.19. The summed E-state index contributed by atoms with van der Waals surface area (Å²) in [5.74, 6) is 0. The Morgan fingerprint density at radius 2 is 2.54 bits per heavy atom. The monoisotopic (exact) mass is 196 g/mol. The molecule has 1 aliphatic heterocycles. The number of hydrogen-bond donors (Lipinski definition) is 1. The van der Waals surface area contributed by atoms with Crippen LogP contribution in [0.3, 0.4) is 0 Å². The van der Waals surface area contributed by atoms with Gasteiger partial charge in [0.2, 0.25) is 0 Å². The first-order chi connectivity index (χ1) is 6.40. The van der Waals surface area contributed by atoms with Gasteiger partial charge in [-0.25, -0.2) is 4.98 Å². The van der Waals surface area contributed by atoms with Crippen molar-refractivity contribution in [3.05, 3.63) is 17.2 Å². The Morgan fingerprint density at radius 1 is 1.62 bits per heavy atom. The zero-order chi connectivity index (χ0) is 9.10. The molecular weight excluding hydrogens is 184 g/mol. The van der Waals surface area contributed by atoms with Crippen molar-refractivity contribution in [2.75, 3.05) is 20.2 Å². The Morgan fingerprint density at radius 3 is 3.15 bits per heavy atom. The van der Waals surface area contributed by atoms with Crippen molar-refractivity contribution in [1.82, 2.24) is 10.3 Å². The van der Waals surface area contributed by atoms with Crippen LogP contribution in [0.5, 0.6) is 5.19 Å². The fraction of sp³-hybridized carbons (Fsp3) is 0.444. The normalized spacial score (nSPS) is 16.8. The Bertz CT molecular complexity index is 319. The first-order valence-corrected chi connectivity index (χ1v) is 5.18. The van der Waals surface area contributed by atoms with Crippen molar-refractivity contribution in [1.29, 1.82) is 0 Å². The zero-order valence-electron chi connectivity index (χ0n) is 7.54. The summed E-state index contributed by atoms with van der Waals surface area (Å²) in [5, 5.41) is 6.09. The average molecular weight is 196 g/mol. The number of hydrogen-bond acceptors (Lipinski definition) is 4. The van der Waals surface area contributed by atoms with Crippen molar-refractivity contribution in [3.8, 4) is 5.19 Å². The molecule has 0 aromatic carbocycles. The number of thiazole rings is 1. The number of nitrogens with zero attached hydrogens (tertiary/aromatic N) is 1. The highest BCUT2D eigenvalue weighted by Crippen LogP contribution is 2.23. The van der Waals surface area contributed by atoms with E-state index in [1.54, 1.807) is 18.4 Å². The van der Waals surface area contributed by atoms with Gasteiger partial charge in [-0.3, -0.25) is 0 Å². The molecule has 1 aromatic heterocycles. The lowest BCUT2D eigenvalue weighted by Crippen LogP contribution is -2.21. The number of aromatic nitrogens is 1. The van der Waals surface area contributed by atoms with E-state index >= 15 is 0 Å². The number of methoxy groups -OCH3 is 1. The third-order valence-electron chi connectivity index (χ3n) is 2.01. The summed E-state index contributed by atoms with van der Waals surface area (Å²) in [6.45, 7) is 2.00. The zero-order valence-corrected chi connectivity index (χ0v) is 8.36. The molecule has 0 atom stereocenters. The summed E-state index contributed by atoms with van der Waals surface area (Å²) < 4.78 is 5.05. The third-order valence-corrected chi connectivity index (χ3v) is 2.81. The molecule has 2 heterocycles. The second-order valence-electron chi connectivity index (χ2n) is 2.90. The van der Waals surface area contributed by atoms with E-state index in [2.05, 4.69) is 16.4 Å².